The summed E-state index contributed by atoms with van der Waals surface area (Å²) in [5, 5.41) is 0. The molecule has 28 heavy (non-hydrogen) atoms. The first-order valence-corrected chi connectivity index (χ1v) is 12.7. The van der Waals surface area contributed by atoms with Gasteiger partial charge in [0, 0.05) is 6.04 Å². The van der Waals surface area contributed by atoms with Gasteiger partial charge in [0.1, 0.15) is 0 Å². The third-order valence-corrected chi connectivity index (χ3v) is 10.3. The van der Waals surface area contributed by atoms with Gasteiger partial charge < -0.3 is 5.73 Å². The van der Waals surface area contributed by atoms with Crippen LogP contribution in [0.3, 0.4) is 0 Å². The summed E-state index contributed by atoms with van der Waals surface area (Å²) in [7, 11) is 0. The Bertz CT molecular complexity index is 591. The highest BCUT2D eigenvalue weighted by Crippen LogP contribution is 2.67. The van der Waals surface area contributed by atoms with E-state index in [0.29, 0.717) is 16.9 Å². The van der Waals surface area contributed by atoms with Gasteiger partial charge in [0.25, 0.3) is 0 Å². The number of hydrogen-bond acceptors (Lipinski definition) is 1. The Morgan fingerprint density at radius 1 is 1.00 bits per heavy atom. The molecule has 2 N–H and O–H groups in total. The van der Waals surface area contributed by atoms with E-state index in [2.05, 4.69) is 40.7 Å². The van der Waals surface area contributed by atoms with Gasteiger partial charge in [-0.05, 0) is 97.7 Å². The summed E-state index contributed by atoms with van der Waals surface area (Å²) in [6.07, 6.45) is 18.1. The predicted octanol–water partition coefficient (Wildman–Crippen LogP) is 7.36. The van der Waals surface area contributed by atoms with Crippen molar-refractivity contribution in [3.05, 3.63) is 11.6 Å². The third-order valence-electron chi connectivity index (χ3n) is 10.3. The largest absolute Gasteiger partial charge is 0.327 e. The lowest BCUT2D eigenvalue weighted by atomic mass is 9.47. The highest BCUT2D eigenvalue weighted by atomic mass is 14.7. The Hall–Kier alpha value is -0.300. The van der Waals surface area contributed by atoms with Gasteiger partial charge in [-0.3, -0.25) is 0 Å². The van der Waals surface area contributed by atoms with Crippen molar-refractivity contribution in [2.24, 2.45) is 52.1 Å². The van der Waals surface area contributed by atoms with E-state index in [4.69, 9.17) is 5.73 Å². The zero-order valence-electron chi connectivity index (χ0n) is 19.5. The van der Waals surface area contributed by atoms with Crippen molar-refractivity contribution in [1.82, 2.24) is 0 Å². The fraction of sp³-hybridized carbons (Fsp3) is 0.926. The van der Waals surface area contributed by atoms with E-state index in [1.165, 1.54) is 70.6 Å². The summed E-state index contributed by atoms with van der Waals surface area (Å²) in [5.74, 6) is 5.63. The van der Waals surface area contributed by atoms with Crippen LogP contribution >= 0.6 is 0 Å². The van der Waals surface area contributed by atoms with Gasteiger partial charge in [0.15, 0.2) is 0 Å². The lowest BCUT2D eigenvalue weighted by Gasteiger charge is -2.58. The van der Waals surface area contributed by atoms with Crippen LogP contribution < -0.4 is 5.73 Å². The number of nitrogens with two attached hydrogens (primary N) is 1. The molecule has 0 bridgehead atoms. The molecule has 0 saturated heterocycles. The predicted molar refractivity (Wildman–Crippen MR) is 121 cm³/mol. The molecule has 4 aliphatic rings. The Kier molecular flexibility index (Phi) is 5.80. The van der Waals surface area contributed by atoms with Crippen LogP contribution in [0.2, 0.25) is 0 Å². The van der Waals surface area contributed by atoms with Gasteiger partial charge >= 0.3 is 0 Å². The average molecular weight is 386 g/mol. The van der Waals surface area contributed by atoms with Crippen LogP contribution in [0, 0.1) is 46.3 Å². The zero-order chi connectivity index (χ0) is 20.1. The molecule has 8 atom stereocenters. The molecule has 0 radical (unpaired) electrons. The summed E-state index contributed by atoms with van der Waals surface area (Å²) in [6.45, 7) is 12.7. The minimum atomic E-state index is 0.423. The van der Waals surface area contributed by atoms with Crippen LogP contribution in [-0.4, -0.2) is 6.04 Å². The minimum absolute atomic E-state index is 0.423. The number of fused-ring (bicyclic) bond motifs is 5. The number of hydrogen-bond donors (Lipinski definition) is 1. The molecule has 0 spiro atoms. The maximum atomic E-state index is 6.34. The van der Waals surface area contributed by atoms with Gasteiger partial charge in [0.2, 0.25) is 0 Å². The van der Waals surface area contributed by atoms with Crippen LogP contribution in [0.15, 0.2) is 11.6 Å². The first kappa shape index (κ1) is 21.0. The van der Waals surface area contributed by atoms with Gasteiger partial charge in [-0.1, -0.05) is 65.5 Å². The van der Waals surface area contributed by atoms with Crippen LogP contribution in [-0.2, 0) is 0 Å². The molecule has 160 valence electrons. The Morgan fingerprint density at radius 2 is 1.79 bits per heavy atom. The van der Waals surface area contributed by atoms with E-state index in [9.17, 15) is 0 Å². The lowest BCUT2D eigenvalue weighted by Crippen LogP contribution is -2.51. The van der Waals surface area contributed by atoms with E-state index >= 15 is 0 Å². The summed E-state index contributed by atoms with van der Waals surface area (Å²) in [6, 6.07) is 0.423. The zero-order valence-corrected chi connectivity index (χ0v) is 19.5. The lowest BCUT2D eigenvalue weighted by molar-refractivity contribution is -0.0508. The maximum absolute atomic E-state index is 6.34. The quantitative estimate of drug-likeness (QED) is 0.492. The monoisotopic (exact) mass is 385 g/mol. The van der Waals surface area contributed by atoms with E-state index in [1.54, 1.807) is 5.57 Å². The number of rotatable bonds is 5. The smallest absolute Gasteiger partial charge is 0.00766 e. The fourth-order valence-corrected chi connectivity index (χ4v) is 8.71. The van der Waals surface area contributed by atoms with Crippen molar-refractivity contribution < 1.29 is 0 Å². The van der Waals surface area contributed by atoms with Gasteiger partial charge in [-0.15, -0.1) is 0 Å². The molecule has 0 heterocycles. The molecular formula is C27H47N. The number of allylic oxidation sites excluding steroid dienone is 1. The van der Waals surface area contributed by atoms with E-state index in [-0.39, 0.29) is 0 Å². The van der Waals surface area contributed by atoms with E-state index in [1.807, 2.05) is 0 Å². The minimum Gasteiger partial charge on any atom is -0.327 e. The van der Waals surface area contributed by atoms with Crippen LogP contribution in [0.5, 0.6) is 0 Å². The molecule has 3 unspecified atom stereocenters. The van der Waals surface area contributed by atoms with Crippen molar-refractivity contribution in [2.45, 2.75) is 111 Å². The summed E-state index contributed by atoms with van der Waals surface area (Å²) in [5.41, 5.74) is 9.18. The molecule has 1 nitrogen and oxygen atoms in total. The van der Waals surface area contributed by atoms with Gasteiger partial charge in [0.05, 0.1) is 0 Å². The van der Waals surface area contributed by atoms with Crippen molar-refractivity contribution >= 4 is 0 Å². The second-order valence-corrected chi connectivity index (χ2v) is 12.3. The first-order valence-electron chi connectivity index (χ1n) is 12.7. The molecule has 4 aliphatic carbocycles. The van der Waals surface area contributed by atoms with Crippen LogP contribution in [0.4, 0.5) is 0 Å². The second kappa shape index (κ2) is 7.75. The molecule has 0 amide bonds. The van der Waals surface area contributed by atoms with E-state index in [0.717, 1.165) is 35.5 Å². The molecule has 3 fully saturated rings. The summed E-state index contributed by atoms with van der Waals surface area (Å²) < 4.78 is 0. The SMILES string of the molecule is CC(C)CCC[C@@H](C)[C@H]1CCC2C3CC=C4C[C@H](N)CC[C@]4(C)C3CC[C@@]21C. The second-order valence-electron chi connectivity index (χ2n) is 12.3. The highest BCUT2D eigenvalue weighted by molar-refractivity contribution is 5.25. The fourth-order valence-electron chi connectivity index (χ4n) is 8.71. The summed E-state index contributed by atoms with van der Waals surface area (Å²) in [4.78, 5) is 0. The Morgan fingerprint density at radius 3 is 2.54 bits per heavy atom. The molecular weight excluding hydrogens is 338 g/mol. The molecule has 0 aliphatic heterocycles. The topological polar surface area (TPSA) is 26.0 Å². The molecule has 1 heteroatoms. The Balaban J connectivity index is 1.49. The Labute approximate surface area is 175 Å². The molecule has 0 aromatic heterocycles. The van der Waals surface area contributed by atoms with Gasteiger partial charge in [-0.25, -0.2) is 0 Å². The molecule has 0 aromatic carbocycles. The van der Waals surface area contributed by atoms with E-state index < -0.39 is 0 Å². The van der Waals surface area contributed by atoms with Crippen molar-refractivity contribution in [3.63, 3.8) is 0 Å². The first-order chi connectivity index (χ1) is 13.3. The van der Waals surface area contributed by atoms with Crippen molar-refractivity contribution in [3.8, 4) is 0 Å². The highest BCUT2D eigenvalue weighted by Gasteiger charge is 2.58. The average Bonchev–Trinajstić information content (AvgIpc) is 2.99. The van der Waals surface area contributed by atoms with Crippen molar-refractivity contribution in [2.75, 3.05) is 0 Å². The molecule has 0 aromatic rings. The molecule has 3 saturated carbocycles. The normalized spacial score (nSPS) is 46.5. The third kappa shape index (κ3) is 3.42. The van der Waals surface area contributed by atoms with Crippen LogP contribution in [0.1, 0.15) is 105 Å². The maximum Gasteiger partial charge on any atom is 0.00766 e. The standard InChI is InChI=1S/C27H47N/c1-18(2)7-6-8-19(3)23-11-12-24-22-10-9-20-17-21(28)13-15-26(20,4)25(22)14-16-27(23,24)5/h9,18-19,21-25H,6-8,10-17,28H2,1-5H3/t19-,21-,22?,23-,24?,25?,26+,27-/m1/s1. The summed E-state index contributed by atoms with van der Waals surface area (Å²) >= 11 is 0. The molecule has 4 rings (SSSR count). The van der Waals surface area contributed by atoms with Crippen LogP contribution in [0.25, 0.3) is 0 Å². The van der Waals surface area contributed by atoms with Gasteiger partial charge in [-0.2, -0.15) is 0 Å². The van der Waals surface area contributed by atoms with Crippen molar-refractivity contribution in [1.29, 1.82) is 0 Å².